The summed E-state index contributed by atoms with van der Waals surface area (Å²) in [5, 5.41) is 9.87. The van der Waals surface area contributed by atoms with Crippen molar-refractivity contribution in [3.05, 3.63) is 18.2 Å². The Hall–Kier alpha value is -1.50. The maximum Gasteiger partial charge on any atom is 0.352 e. The first-order chi connectivity index (χ1) is 9.94. The average Bonchev–Trinajstić information content (AvgIpc) is 2.98. The normalized spacial score (nSPS) is 25.5. The minimum atomic E-state index is -3.70. The molecule has 1 aliphatic carbocycles. The number of aromatic amines is 1. The van der Waals surface area contributed by atoms with Gasteiger partial charge in [-0.1, -0.05) is 0 Å². The Morgan fingerprint density at radius 3 is 2.81 bits per heavy atom. The number of likely N-dealkylation sites (tertiary alicyclic amines) is 1. The van der Waals surface area contributed by atoms with Crippen molar-refractivity contribution in [2.45, 2.75) is 49.5 Å². The van der Waals surface area contributed by atoms with Crippen LogP contribution in [-0.4, -0.2) is 50.5 Å². The first kappa shape index (κ1) is 14.4. The zero-order valence-electron chi connectivity index (χ0n) is 11.7. The molecule has 0 bridgehead atoms. The van der Waals surface area contributed by atoms with Gasteiger partial charge < -0.3 is 15.0 Å². The molecule has 1 aromatic heterocycles. The minimum absolute atomic E-state index is 0.0127. The second-order valence-corrected chi connectivity index (χ2v) is 6.02. The molecule has 2 heterocycles. The zero-order chi connectivity index (χ0) is 15.1. The van der Waals surface area contributed by atoms with Crippen LogP contribution in [0.4, 0.5) is 8.78 Å². The largest absolute Gasteiger partial charge is 0.383 e. The average molecular weight is 299 g/mol. The molecule has 1 unspecified atom stereocenters. The third-order valence-corrected chi connectivity index (χ3v) is 4.65. The van der Waals surface area contributed by atoms with Crippen LogP contribution in [0.5, 0.6) is 0 Å². The summed E-state index contributed by atoms with van der Waals surface area (Å²) in [5.41, 5.74) is -2.15. The number of nitrogens with one attached hydrogen (secondary N) is 1. The molecule has 1 amide bonds. The number of piperidine rings is 1. The number of hydrogen-bond donors (Lipinski definition) is 2. The topological polar surface area (TPSA) is 69.2 Å². The molecule has 1 atom stereocenters. The predicted octanol–water partition coefficient (Wildman–Crippen LogP) is 1.67. The fourth-order valence-electron chi connectivity index (χ4n) is 3.11. The number of halogens is 2. The minimum Gasteiger partial charge on any atom is -0.383 e. The van der Waals surface area contributed by atoms with Crippen molar-refractivity contribution < 1.29 is 18.7 Å². The highest BCUT2D eigenvalue weighted by Crippen LogP contribution is 2.45. The predicted molar refractivity (Wildman–Crippen MR) is 70.9 cm³/mol. The highest BCUT2D eigenvalue weighted by Gasteiger charge is 2.62. The number of aromatic nitrogens is 2. The van der Waals surface area contributed by atoms with Gasteiger partial charge in [0.1, 0.15) is 11.4 Å². The van der Waals surface area contributed by atoms with Crippen molar-refractivity contribution >= 4 is 5.91 Å². The number of carbonyl (C=O) groups excluding carboxylic acids is 1. The SMILES string of the molecule is O=C(N1CCCC(c2ncc[nH]2)C1)C(F)(F)C1(O)CCC1. The Morgan fingerprint density at radius 1 is 1.48 bits per heavy atom. The Kier molecular flexibility index (Phi) is 3.47. The van der Waals surface area contributed by atoms with Gasteiger partial charge in [0, 0.05) is 31.4 Å². The molecule has 0 radical (unpaired) electrons. The number of H-pyrrole nitrogens is 1. The second kappa shape index (κ2) is 5.05. The van der Waals surface area contributed by atoms with E-state index in [0.29, 0.717) is 19.4 Å². The maximum absolute atomic E-state index is 14.2. The number of alkyl halides is 2. The lowest BCUT2D eigenvalue weighted by Gasteiger charge is -2.44. The summed E-state index contributed by atoms with van der Waals surface area (Å²) in [6.45, 7) is 0.528. The summed E-state index contributed by atoms with van der Waals surface area (Å²) < 4.78 is 28.5. The summed E-state index contributed by atoms with van der Waals surface area (Å²) in [7, 11) is 0. The van der Waals surface area contributed by atoms with Gasteiger partial charge in [-0.3, -0.25) is 4.79 Å². The molecule has 2 N–H and O–H groups in total. The molecule has 3 rings (SSSR count). The van der Waals surface area contributed by atoms with E-state index in [1.807, 2.05) is 0 Å². The van der Waals surface area contributed by atoms with Crippen LogP contribution >= 0.6 is 0 Å². The first-order valence-corrected chi connectivity index (χ1v) is 7.33. The molecule has 7 heteroatoms. The van der Waals surface area contributed by atoms with Gasteiger partial charge >= 0.3 is 5.92 Å². The number of amides is 1. The summed E-state index contributed by atoms with van der Waals surface area (Å²) >= 11 is 0. The highest BCUT2D eigenvalue weighted by atomic mass is 19.3. The lowest BCUT2D eigenvalue weighted by Crippen LogP contribution is -2.62. The van der Waals surface area contributed by atoms with Gasteiger partial charge in [0.05, 0.1) is 0 Å². The number of aliphatic hydroxyl groups is 1. The molecule has 21 heavy (non-hydrogen) atoms. The van der Waals surface area contributed by atoms with Gasteiger partial charge in [-0.05, 0) is 32.1 Å². The van der Waals surface area contributed by atoms with Crippen LogP contribution < -0.4 is 0 Å². The smallest absolute Gasteiger partial charge is 0.352 e. The van der Waals surface area contributed by atoms with Crippen LogP contribution in [0.15, 0.2) is 12.4 Å². The molecule has 2 fully saturated rings. The van der Waals surface area contributed by atoms with Gasteiger partial charge in [0.25, 0.3) is 5.91 Å². The van der Waals surface area contributed by atoms with Crippen LogP contribution in [0.25, 0.3) is 0 Å². The first-order valence-electron chi connectivity index (χ1n) is 7.33. The van der Waals surface area contributed by atoms with E-state index >= 15 is 0 Å². The molecule has 0 aromatic carbocycles. The van der Waals surface area contributed by atoms with E-state index in [-0.39, 0.29) is 25.3 Å². The van der Waals surface area contributed by atoms with Crippen LogP contribution in [0.1, 0.15) is 43.8 Å². The van der Waals surface area contributed by atoms with Crippen molar-refractivity contribution in [2.24, 2.45) is 0 Å². The van der Waals surface area contributed by atoms with Gasteiger partial charge in [0.2, 0.25) is 0 Å². The van der Waals surface area contributed by atoms with E-state index in [1.165, 1.54) is 4.90 Å². The third kappa shape index (κ3) is 2.33. The fraction of sp³-hybridized carbons (Fsp3) is 0.714. The van der Waals surface area contributed by atoms with Crippen LogP contribution in [0.2, 0.25) is 0 Å². The number of hydrogen-bond acceptors (Lipinski definition) is 3. The molecule has 0 spiro atoms. The van der Waals surface area contributed by atoms with Crippen molar-refractivity contribution in [2.75, 3.05) is 13.1 Å². The lowest BCUT2D eigenvalue weighted by molar-refractivity contribution is -0.224. The summed E-state index contributed by atoms with van der Waals surface area (Å²) in [6, 6.07) is 0. The molecule has 5 nitrogen and oxygen atoms in total. The van der Waals surface area contributed by atoms with Crippen molar-refractivity contribution in [3.8, 4) is 0 Å². The Bertz CT molecular complexity index is 514. The second-order valence-electron chi connectivity index (χ2n) is 6.02. The van der Waals surface area contributed by atoms with Crippen molar-refractivity contribution in [1.82, 2.24) is 14.9 Å². The molecule has 1 saturated carbocycles. The van der Waals surface area contributed by atoms with E-state index in [2.05, 4.69) is 9.97 Å². The van der Waals surface area contributed by atoms with Gasteiger partial charge in [0.15, 0.2) is 0 Å². The molecular weight excluding hydrogens is 280 g/mol. The Labute approximate surface area is 121 Å². The number of imidazole rings is 1. The molecule has 1 aromatic rings. The Morgan fingerprint density at radius 2 is 2.24 bits per heavy atom. The van der Waals surface area contributed by atoms with Gasteiger partial charge in [-0.15, -0.1) is 0 Å². The fourth-order valence-corrected chi connectivity index (χ4v) is 3.11. The van der Waals surface area contributed by atoms with E-state index in [0.717, 1.165) is 12.2 Å². The van der Waals surface area contributed by atoms with E-state index < -0.39 is 17.4 Å². The molecule has 1 aliphatic heterocycles. The number of nitrogens with zero attached hydrogens (tertiary/aromatic N) is 2. The number of carbonyl (C=O) groups is 1. The molecule has 2 aliphatic rings. The summed E-state index contributed by atoms with van der Waals surface area (Å²) in [5.74, 6) is -4.28. The summed E-state index contributed by atoms with van der Waals surface area (Å²) in [4.78, 5) is 20.4. The third-order valence-electron chi connectivity index (χ3n) is 4.65. The summed E-state index contributed by atoms with van der Waals surface area (Å²) in [6.07, 6.45) is 5.28. The van der Waals surface area contributed by atoms with Crippen LogP contribution in [0, 0.1) is 0 Å². The standard InChI is InChI=1S/C14H19F2N3O2/c15-14(16,13(21)4-2-5-13)12(20)19-8-1-3-10(9-19)11-17-6-7-18-11/h6-7,10,21H,1-5,8-9H2,(H,17,18). The maximum atomic E-state index is 14.2. The van der Waals surface area contributed by atoms with Crippen molar-refractivity contribution in [1.29, 1.82) is 0 Å². The van der Waals surface area contributed by atoms with E-state index in [1.54, 1.807) is 12.4 Å². The number of rotatable bonds is 3. The lowest BCUT2D eigenvalue weighted by atomic mass is 9.74. The van der Waals surface area contributed by atoms with Crippen LogP contribution in [-0.2, 0) is 4.79 Å². The van der Waals surface area contributed by atoms with Gasteiger partial charge in [-0.25, -0.2) is 4.98 Å². The Balaban J connectivity index is 1.72. The van der Waals surface area contributed by atoms with Crippen LogP contribution in [0.3, 0.4) is 0 Å². The quantitative estimate of drug-likeness (QED) is 0.892. The van der Waals surface area contributed by atoms with E-state index in [4.69, 9.17) is 0 Å². The van der Waals surface area contributed by atoms with Gasteiger partial charge in [-0.2, -0.15) is 8.78 Å². The highest BCUT2D eigenvalue weighted by molar-refractivity contribution is 5.85. The van der Waals surface area contributed by atoms with Crippen molar-refractivity contribution in [3.63, 3.8) is 0 Å². The molecular formula is C14H19F2N3O2. The molecule has 1 saturated heterocycles. The monoisotopic (exact) mass is 299 g/mol. The van der Waals surface area contributed by atoms with E-state index in [9.17, 15) is 18.7 Å². The molecule has 116 valence electrons. The zero-order valence-corrected chi connectivity index (χ0v) is 11.7.